The number of hydrogen-bond donors (Lipinski definition) is 0. The first kappa shape index (κ1) is 18.5. The Hall–Kier alpha value is -2.28. The van der Waals surface area contributed by atoms with E-state index in [0.29, 0.717) is 35.2 Å². The fourth-order valence-corrected chi connectivity index (χ4v) is 4.10. The van der Waals surface area contributed by atoms with Crippen molar-refractivity contribution in [2.24, 2.45) is 4.99 Å². The molecule has 0 bridgehead atoms. The van der Waals surface area contributed by atoms with Crippen LogP contribution >= 0.6 is 11.8 Å². The van der Waals surface area contributed by atoms with Gasteiger partial charge in [-0.15, -0.1) is 0 Å². The second kappa shape index (κ2) is 7.95. The molecule has 1 aromatic carbocycles. The molecule has 2 aliphatic rings. The first-order valence-corrected chi connectivity index (χ1v) is 9.69. The molecule has 6 nitrogen and oxygen atoms in total. The smallest absolute Gasteiger partial charge is 0.338 e. The molecule has 0 N–H and O–H groups in total. The third-order valence-electron chi connectivity index (χ3n) is 4.21. The summed E-state index contributed by atoms with van der Waals surface area (Å²) in [5.41, 5.74) is 1.84. The van der Waals surface area contributed by atoms with Gasteiger partial charge in [0.2, 0.25) is 5.91 Å². The molecule has 1 aromatic rings. The number of hydrogen-bond acceptors (Lipinski definition) is 6. The van der Waals surface area contributed by atoms with E-state index in [2.05, 4.69) is 4.99 Å². The normalized spacial score (nSPS) is 19.8. The van der Waals surface area contributed by atoms with Crippen molar-refractivity contribution >= 4 is 28.8 Å². The average molecular weight is 374 g/mol. The lowest BCUT2D eigenvalue weighted by molar-refractivity contribution is -0.139. The first-order chi connectivity index (χ1) is 12.6. The van der Waals surface area contributed by atoms with Crippen molar-refractivity contribution in [1.82, 2.24) is 4.90 Å². The minimum atomic E-state index is -0.530. The van der Waals surface area contributed by atoms with Crippen molar-refractivity contribution in [3.8, 4) is 5.75 Å². The highest BCUT2D eigenvalue weighted by atomic mass is 32.2. The van der Waals surface area contributed by atoms with Crippen LogP contribution in [0.3, 0.4) is 0 Å². The molecule has 138 valence electrons. The predicted molar refractivity (Wildman–Crippen MR) is 101 cm³/mol. The van der Waals surface area contributed by atoms with E-state index in [1.807, 2.05) is 31.2 Å². The predicted octanol–water partition coefficient (Wildman–Crippen LogP) is 3.30. The second-order valence-corrected chi connectivity index (χ2v) is 6.94. The van der Waals surface area contributed by atoms with E-state index in [1.54, 1.807) is 18.7 Å². The van der Waals surface area contributed by atoms with Crippen LogP contribution in [0.1, 0.15) is 38.8 Å². The van der Waals surface area contributed by atoms with E-state index in [-0.39, 0.29) is 12.5 Å². The number of amides is 1. The van der Waals surface area contributed by atoms with E-state index < -0.39 is 12.0 Å². The van der Waals surface area contributed by atoms with Gasteiger partial charge in [-0.25, -0.2) is 9.79 Å². The van der Waals surface area contributed by atoms with Crippen LogP contribution in [-0.2, 0) is 14.3 Å². The van der Waals surface area contributed by atoms with Gasteiger partial charge < -0.3 is 9.47 Å². The Bertz CT molecular complexity index is 770. The summed E-state index contributed by atoms with van der Waals surface area (Å²) in [6.45, 7) is 6.32. The van der Waals surface area contributed by atoms with Gasteiger partial charge >= 0.3 is 5.97 Å². The number of aliphatic imine (C=N–C) groups is 1. The minimum Gasteiger partial charge on any atom is -0.494 e. The van der Waals surface area contributed by atoms with Crippen LogP contribution in [0.4, 0.5) is 0 Å². The first-order valence-electron chi connectivity index (χ1n) is 8.71. The number of amidine groups is 1. The molecule has 0 aromatic heterocycles. The molecule has 2 heterocycles. The highest BCUT2D eigenvalue weighted by molar-refractivity contribution is 8.14. The molecular formula is C19H22N2O4S. The van der Waals surface area contributed by atoms with Crippen LogP contribution in [0.2, 0.25) is 0 Å². The van der Waals surface area contributed by atoms with E-state index in [4.69, 9.17) is 9.47 Å². The molecule has 2 aliphatic heterocycles. The molecular weight excluding hydrogens is 352 g/mol. The molecule has 0 spiro atoms. The molecule has 1 amide bonds. The van der Waals surface area contributed by atoms with Gasteiger partial charge in [0.05, 0.1) is 30.5 Å². The topological polar surface area (TPSA) is 68.2 Å². The van der Waals surface area contributed by atoms with Crippen LogP contribution in [0.25, 0.3) is 0 Å². The maximum absolute atomic E-state index is 12.6. The lowest BCUT2D eigenvalue weighted by Crippen LogP contribution is -2.45. The number of fused-ring (bicyclic) bond motifs is 1. The number of ether oxygens (including phenoxy) is 2. The Labute approximate surface area is 157 Å². The highest BCUT2D eigenvalue weighted by Crippen LogP contribution is 2.40. The number of nitrogens with zero attached hydrogens (tertiary/aromatic N) is 2. The van der Waals surface area contributed by atoms with Gasteiger partial charge in [0, 0.05) is 12.2 Å². The van der Waals surface area contributed by atoms with Crippen LogP contribution in [0, 0.1) is 0 Å². The Kier molecular flexibility index (Phi) is 5.66. The summed E-state index contributed by atoms with van der Waals surface area (Å²) in [6.07, 6.45) is 0.423. The molecule has 1 saturated heterocycles. The standard InChI is InChI=1S/C19H22N2O4S/c1-4-24-14-8-6-13(7-9-14)17-16(18(23)25-5-2)12(3)20-19-21(17)15(22)10-11-26-19/h6-9,17H,4-5,10-11H2,1-3H3/t17-/m0/s1. The zero-order valence-electron chi connectivity index (χ0n) is 15.2. The van der Waals surface area contributed by atoms with Crippen LogP contribution in [0.15, 0.2) is 40.5 Å². The average Bonchev–Trinajstić information content (AvgIpc) is 2.62. The molecule has 0 saturated carbocycles. The number of rotatable bonds is 5. The summed E-state index contributed by atoms with van der Waals surface area (Å²) in [7, 11) is 0. The fourth-order valence-electron chi connectivity index (χ4n) is 3.09. The van der Waals surface area contributed by atoms with Gasteiger partial charge in [-0.3, -0.25) is 9.69 Å². The SMILES string of the molecule is CCOC(=O)C1=C(C)N=C2SCCC(=O)N2[C@H]1c1ccc(OCC)cc1. The van der Waals surface area contributed by atoms with Crippen molar-refractivity contribution in [1.29, 1.82) is 0 Å². The lowest BCUT2D eigenvalue weighted by Gasteiger charge is -2.38. The van der Waals surface area contributed by atoms with Crippen LogP contribution < -0.4 is 4.74 Å². The Morgan fingerprint density at radius 1 is 1.27 bits per heavy atom. The lowest BCUT2D eigenvalue weighted by atomic mass is 9.94. The van der Waals surface area contributed by atoms with Gasteiger partial charge in [0.25, 0.3) is 0 Å². The summed E-state index contributed by atoms with van der Waals surface area (Å²) in [6, 6.07) is 6.95. The number of carbonyl (C=O) groups excluding carboxylic acids is 2. The number of carbonyl (C=O) groups is 2. The Balaban J connectivity index is 2.07. The largest absolute Gasteiger partial charge is 0.494 e. The fraction of sp³-hybridized carbons (Fsp3) is 0.421. The highest BCUT2D eigenvalue weighted by Gasteiger charge is 2.41. The summed E-state index contributed by atoms with van der Waals surface area (Å²) < 4.78 is 10.7. The monoisotopic (exact) mass is 374 g/mol. The van der Waals surface area contributed by atoms with E-state index in [0.717, 1.165) is 11.3 Å². The third kappa shape index (κ3) is 3.49. The van der Waals surface area contributed by atoms with Crippen molar-refractivity contribution in [3.05, 3.63) is 41.1 Å². The maximum atomic E-state index is 12.6. The van der Waals surface area contributed by atoms with Gasteiger partial charge in [-0.05, 0) is 38.5 Å². The molecule has 7 heteroatoms. The number of allylic oxidation sites excluding steroid dienone is 1. The zero-order valence-corrected chi connectivity index (χ0v) is 16.0. The van der Waals surface area contributed by atoms with Crippen molar-refractivity contribution in [2.45, 2.75) is 33.2 Å². The van der Waals surface area contributed by atoms with Crippen LogP contribution in [-0.4, -0.2) is 40.9 Å². The van der Waals surface area contributed by atoms with Gasteiger partial charge in [0.1, 0.15) is 5.75 Å². The zero-order chi connectivity index (χ0) is 18.7. The van der Waals surface area contributed by atoms with Crippen LogP contribution in [0.5, 0.6) is 5.75 Å². The minimum absolute atomic E-state index is 0.0318. The molecule has 0 radical (unpaired) electrons. The van der Waals surface area contributed by atoms with Gasteiger partial charge in [0.15, 0.2) is 5.17 Å². The van der Waals surface area contributed by atoms with E-state index in [1.165, 1.54) is 11.8 Å². The van der Waals surface area contributed by atoms with Crippen molar-refractivity contribution in [2.75, 3.05) is 19.0 Å². The second-order valence-electron chi connectivity index (χ2n) is 5.88. The third-order valence-corrected chi connectivity index (χ3v) is 5.16. The molecule has 3 rings (SSSR count). The molecule has 0 unspecified atom stereocenters. The summed E-state index contributed by atoms with van der Waals surface area (Å²) in [4.78, 5) is 31.4. The van der Waals surface area contributed by atoms with Gasteiger partial charge in [-0.1, -0.05) is 23.9 Å². The summed E-state index contributed by atoms with van der Waals surface area (Å²) in [5.74, 6) is 0.982. The maximum Gasteiger partial charge on any atom is 0.338 e. The van der Waals surface area contributed by atoms with E-state index >= 15 is 0 Å². The summed E-state index contributed by atoms with van der Waals surface area (Å²) in [5, 5.41) is 0.644. The Morgan fingerprint density at radius 3 is 2.65 bits per heavy atom. The molecule has 1 fully saturated rings. The number of benzene rings is 1. The molecule has 1 atom stereocenters. The molecule has 0 aliphatic carbocycles. The van der Waals surface area contributed by atoms with E-state index in [9.17, 15) is 9.59 Å². The number of thioether (sulfide) groups is 1. The Morgan fingerprint density at radius 2 is 2.00 bits per heavy atom. The van der Waals surface area contributed by atoms with Crippen molar-refractivity contribution in [3.63, 3.8) is 0 Å². The van der Waals surface area contributed by atoms with Crippen molar-refractivity contribution < 1.29 is 19.1 Å². The van der Waals surface area contributed by atoms with Gasteiger partial charge in [-0.2, -0.15) is 0 Å². The number of esters is 1. The molecule has 26 heavy (non-hydrogen) atoms. The quantitative estimate of drug-likeness (QED) is 0.740. The summed E-state index contributed by atoms with van der Waals surface area (Å²) >= 11 is 1.54.